The molecule has 3 rings (SSSR count). The standard InChI is InChI=1S/C21H23ClN4O4S/c1-5-8-23-18(27)13-7-6-12(9-14(13)22)24-19(28)17-11(2)16-20(30-4)25-15(10-29-3)26-21(16)31-17/h6-7,9H,5,8,10H2,1-4H3,(H,23,27)(H,24,28). The van der Waals surface area contributed by atoms with Crippen molar-refractivity contribution >= 4 is 50.7 Å². The van der Waals surface area contributed by atoms with Crippen molar-refractivity contribution < 1.29 is 19.1 Å². The Morgan fingerprint density at radius 3 is 2.61 bits per heavy atom. The Morgan fingerprint density at radius 1 is 1.19 bits per heavy atom. The van der Waals surface area contributed by atoms with Crippen molar-refractivity contribution in [3.05, 3.63) is 45.1 Å². The van der Waals surface area contributed by atoms with Crippen LogP contribution in [0.5, 0.6) is 5.88 Å². The molecule has 0 bridgehead atoms. The lowest BCUT2D eigenvalue weighted by Gasteiger charge is -2.09. The molecule has 164 valence electrons. The normalized spacial score (nSPS) is 10.9. The molecule has 2 amide bonds. The van der Waals surface area contributed by atoms with Gasteiger partial charge in [-0.25, -0.2) is 4.98 Å². The highest BCUT2D eigenvalue weighted by molar-refractivity contribution is 7.20. The van der Waals surface area contributed by atoms with Crippen LogP contribution in [-0.4, -0.2) is 42.5 Å². The third-order valence-electron chi connectivity index (χ3n) is 4.48. The van der Waals surface area contributed by atoms with Crippen LogP contribution < -0.4 is 15.4 Å². The first-order valence-corrected chi connectivity index (χ1v) is 10.8. The minimum absolute atomic E-state index is 0.238. The van der Waals surface area contributed by atoms with Crippen LogP contribution in [0.15, 0.2) is 18.2 Å². The molecular formula is C21H23ClN4O4S. The molecule has 0 aliphatic rings. The Labute approximate surface area is 188 Å². The molecule has 8 nitrogen and oxygen atoms in total. The average Bonchev–Trinajstić information content (AvgIpc) is 3.08. The van der Waals surface area contributed by atoms with Crippen molar-refractivity contribution in [2.75, 3.05) is 26.1 Å². The fourth-order valence-corrected chi connectivity index (χ4v) is 4.35. The first kappa shape index (κ1) is 22.9. The zero-order chi connectivity index (χ0) is 22.5. The number of amides is 2. The highest BCUT2D eigenvalue weighted by Gasteiger charge is 2.21. The summed E-state index contributed by atoms with van der Waals surface area (Å²) in [6, 6.07) is 4.79. The fraction of sp³-hybridized carbons (Fsp3) is 0.333. The van der Waals surface area contributed by atoms with Crippen LogP contribution in [0, 0.1) is 6.92 Å². The van der Waals surface area contributed by atoms with Gasteiger partial charge in [-0.15, -0.1) is 11.3 Å². The number of hydrogen-bond acceptors (Lipinski definition) is 7. The SMILES string of the molecule is CCCNC(=O)c1ccc(NC(=O)c2sc3nc(COC)nc(OC)c3c2C)cc1Cl. The zero-order valence-corrected chi connectivity index (χ0v) is 19.2. The third kappa shape index (κ3) is 4.95. The van der Waals surface area contributed by atoms with Gasteiger partial charge >= 0.3 is 0 Å². The van der Waals surface area contributed by atoms with E-state index in [-0.39, 0.29) is 23.4 Å². The van der Waals surface area contributed by atoms with Crippen molar-refractivity contribution in [1.29, 1.82) is 0 Å². The van der Waals surface area contributed by atoms with Crippen LogP contribution in [0.25, 0.3) is 10.2 Å². The van der Waals surface area contributed by atoms with E-state index < -0.39 is 0 Å². The number of anilines is 1. The van der Waals surface area contributed by atoms with Crippen LogP contribution in [0.3, 0.4) is 0 Å². The van der Waals surface area contributed by atoms with E-state index in [1.165, 1.54) is 18.4 Å². The molecule has 3 aromatic rings. The predicted octanol–water partition coefficient (Wildman–Crippen LogP) is 4.20. The number of carbonyl (C=O) groups excluding carboxylic acids is 2. The molecule has 1 aromatic carbocycles. The Bertz CT molecular complexity index is 1130. The summed E-state index contributed by atoms with van der Waals surface area (Å²) in [4.78, 5) is 35.0. The summed E-state index contributed by atoms with van der Waals surface area (Å²) >= 11 is 7.51. The average molecular weight is 463 g/mol. The molecule has 0 saturated carbocycles. The van der Waals surface area contributed by atoms with Crippen molar-refractivity contribution in [3.63, 3.8) is 0 Å². The highest BCUT2D eigenvalue weighted by atomic mass is 35.5. The van der Waals surface area contributed by atoms with Gasteiger partial charge in [0.25, 0.3) is 11.8 Å². The molecule has 0 aliphatic heterocycles. The maximum Gasteiger partial charge on any atom is 0.266 e. The number of nitrogens with one attached hydrogen (secondary N) is 2. The lowest BCUT2D eigenvalue weighted by molar-refractivity contribution is 0.0953. The number of methoxy groups -OCH3 is 2. The lowest BCUT2D eigenvalue weighted by atomic mass is 10.1. The van der Waals surface area contributed by atoms with Crippen molar-refractivity contribution in [2.45, 2.75) is 26.9 Å². The summed E-state index contributed by atoms with van der Waals surface area (Å²) in [5.74, 6) is 0.317. The van der Waals surface area contributed by atoms with Gasteiger partial charge in [-0.05, 0) is 37.1 Å². The summed E-state index contributed by atoms with van der Waals surface area (Å²) < 4.78 is 10.5. The summed E-state index contributed by atoms with van der Waals surface area (Å²) in [6.45, 7) is 4.60. The Morgan fingerprint density at radius 2 is 1.97 bits per heavy atom. The molecule has 31 heavy (non-hydrogen) atoms. The number of thiophene rings is 1. The number of benzene rings is 1. The van der Waals surface area contributed by atoms with Crippen LogP contribution in [-0.2, 0) is 11.3 Å². The molecule has 0 radical (unpaired) electrons. The number of hydrogen-bond donors (Lipinski definition) is 2. The molecule has 0 atom stereocenters. The molecule has 0 saturated heterocycles. The quantitative estimate of drug-likeness (QED) is 0.520. The van der Waals surface area contributed by atoms with Crippen LogP contribution in [0.1, 0.15) is 44.8 Å². The van der Waals surface area contributed by atoms with Crippen LogP contribution in [0.2, 0.25) is 5.02 Å². The summed E-state index contributed by atoms with van der Waals surface area (Å²) in [7, 11) is 3.08. The van der Waals surface area contributed by atoms with Crippen LogP contribution >= 0.6 is 22.9 Å². The van der Waals surface area contributed by atoms with Gasteiger partial charge in [-0.2, -0.15) is 4.98 Å². The predicted molar refractivity (Wildman–Crippen MR) is 121 cm³/mol. The molecule has 0 unspecified atom stereocenters. The van der Waals surface area contributed by atoms with Gasteiger partial charge in [-0.3, -0.25) is 9.59 Å². The second-order valence-corrected chi connectivity index (χ2v) is 8.13. The summed E-state index contributed by atoms with van der Waals surface area (Å²) in [5, 5.41) is 6.56. The molecule has 2 N–H and O–H groups in total. The van der Waals surface area contributed by atoms with E-state index in [9.17, 15) is 9.59 Å². The van der Waals surface area contributed by atoms with E-state index in [0.717, 1.165) is 12.0 Å². The molecule has 0 aliphatic carbocycles. The highest BCUT2D eigenvalue weighted by Crippen LogP contribution is 2.35. The number of aromatic nitrogens is 2. The Hall–Kier alpha value is -2.75. The molecule has 0 fully saturated rings. The van der Waals surface area contributed by atoms with E-state index in [1.807, 2.05) is 13.8 Å². The summed E-state index contributed by atoms with van der Waals surface area (Å²) in [6.07, 6.45) is 0.828. The number of halogens is 1. The topological polar surface area (TPSA) is 102 Å². The molecular weight excluding hydrogens is 440 g/mol. The maximum atomic E-state index is 12.9. The number of aryl methyl sites for hydroxylation is 1. The van der Waals surface area contributed by atoms with Gasteiger partial charge < -0.3 is 20.1 Å². The van der Waals surface area contributed by atoms with Crippen LogP contribution in [0.4, 0.5) is 5.69 Å². The minimum Gasteiger partial charge on any atom is -0.480 e. The van der Waals surface area contributed by atoms with Gasteiger partial charge in [-0.1, -0.05) is 18.5 Å². The third-order valence-corrected chi connectivity index (χ3v) is 5.98. The van der Waals surface area contributed by atoms with Gasteiger partial charge in [0.1, 0.15) is 11.4 Å². The van der Waals surface area contributed by atoms with Crippen molar-refractivity contribution in [2.24, 2.45) is 0 Å². The number of rotatable bonds is 8. The van der Waals surface area contributed by atoms with E-state index in [4.69, 9.17) is 21.1 Å². The number of fused-ring (bicyclic) bond motifs is 1. The van der Waals surface area contributed by atoms with E-state index in [2.05, 4.69) is 20.6 Å². The largest absolute Gasteiger partial charge is 0.480 e. The number of carbonyl (C=O) groups is 2. The first-order valence-electron chi connectivity index (χ1n) is 9.61. The molecule has 2 heterocycles. The minimum atomic E-state index is -0.310. The molecule has 2 aromatic heterocycles. The Kier molecular flexibility index (Phi) is 7.42. The number of nitrogens with zero attached hydrogens (tertiary/aromatic N) is 2. The summed E-state index contributed by atoms with van der Waals surface area (Å²) in [5.41, 5.74) is 1.56. The number of ether oxygens (including phenoxy) is 2. The zero-order valence-electron chi connectivity index (χ0n) is 17.7. The van der Waals surface area contributed by atoms with E-state index in [0.29, 0.717) is 44.6 Å². The molecule has 0 spiro atoms. The van der Waals surface area contributed by atoms with Crippen molar-refractivity contribution in [1.82, 2.24) is 15.3 Å². The first-order chi connectivity index (χ1) is 14.9. The fourth-order valence-electron chi connectivity index (χ4n) is 3.00. The lowest BCUT2D eigenvalue weighted by Crippen LogP contribution is -2.24. The van der Waals surface area contributed by atoms with E-state index >= 15 is 0 Å². The second kappa shape index (κ2) is 10.0. The maximum absolute atomic E-state index is 12.9. The van der Waals surface area contributed by atoms with Crippen molar-refractivity contribution in [3.8, 4) is 5.88 Å². The monoisotopic (exact) mass is 462 g/mol. The van der Waals surface area contributed by atoms with Gasteiger partial charge in [0.2, 0.25) is 5.88 Å². The van der Waals surface area contributed by atoms with Gasteiger partial charge in [0, 0.05) is 19.3 Å². The smallest absolute Gasteiger partial charge is 0.266 e. The second-order valence-electron chi connectivity index (χ2n) is 6.72. The Balaban J connectivity index is 1.87. The van der Waals surface area contributed by atoms with E-state index in [1.54, 1.807) is 25.3 Å². The van der Waals surface area contributed by atoms with Gasteiger partial charge in [0.05, 0.1) is 28.0 Å². The van der Waals surface area contributed by atoms with Gasteiger partial charge in [0.15, 0.2) is 5.82 Å². The molecule has 10 heteroatoms.